The van der Waals surface area contributed by atoms with Crippen LogP contribution in [0.2, 0.25) is 0 Å². The number of nitrogens with one attached hydrogen (secondary N) is 1. The number of aliphatic hydroxyl groups is 2. The molecule has 0 saturated carbocycles. The first-order valence-corrected chi connectivity index (χ1v) is 23.8. The molecule has 0 bridgehead atoms. The number of hydrogen-bond acceptors (Lipinski definition) is 5. The van der Waals surface area contributed by atoms with Crippen molar-refractivity contribution in [2.45, 2.75) is 251 Å². The van der Waals surface area contributed by atoms with Gasteiger partial charge in [-0.2, -0.15) is 0 Å². The Morgan fingerprint density at radius 1 is 0.509 bits per heavy atom. The summed E-state index contributed by atoms with van der Waals surface area (Å²) in [5, 5.41) is 22.9. The molecule has 0 fully saturated rings. The molecule has 55 heavy (non-hydrogen) atoms. The average Bonchev–Trinajstić information content (AvgIpc) is 3.18. The molecule has 3 N–H and O–H groups in total. The van der Waals surface area contributed by atoms with Crippen molar-refractivity contribution in [3.8, 4) is 0 Å². The second-order valence-electron chi connectivity index (χ2n) is 16.1. The van der Waals surface area contributed by atoms with Crippen molar-refractivity contribution in [3.05, 3.63) is 36.5 Å². The van der Waals surface area contributed by atoms with E-state index in [1.54, 1.807) is 6.08 Å². The number of hydrogen-bond donors (Lipinski definition) is 3. The van der Waals surface area contributed by atoms with E-state index in [1.807, 2.05) is 12.2 Å². The fourth-order valence-corrected chi connectivity index (χ4v) is 6.98. The molecule has 0 aromatic carbocycles. The van der Waals surface area contributed by atoms with Crippen LogP contribution in [-0.4, -0.2) is 47.4 Å². The summed E-state index contributed by atoms with van der Waals surface area (Å²) >= 11 is 0. The van der Waals surface area contributed by atoms with E-state index < -0.39 is 12.1 Å². The van der Waals surface area contributed by atoms with Crippen molar-refractivity contribution in [2.75, 3.05) is 13.2 Å². The molecule has 0 aliphatic rings. The number of carbonyl (C=O) groups is 2. The Bertz CT molecular complexity index is 900. The lowest BCUT2D eigenvalue weighted by atomic mass is 10.0. The normalized spacial score (nSPS) is 13.0. The second kappa shape index (κ2) is 44.8. The van der Waals surface area contributed by atoms with Crippen LogP contribution in [0, 0.1) is 0 Å². The van der Waals surface area contributed by atoms with E-state index in [0.29, 0.717) is 25.9 Å². The molecule has 0 radical (unpaired) electrons. The van der Waals surface area contributed by atoms with Crippen molar-refractivity contribution in [1.82, 2.24) is 5.32 Å². The fourth-order valence-electron chi connectivity index (χ4n) is 6.98. The molecule has 0 aromatic heterocycles. The van der Waals surface area contributed by atoms with Crippen molar-refractivity contribution >= 4 is 11.9 Å². The van der Waals surface area contributed by atoms with Gasteiger partial charge in [0.25, 0.3) is 0 Å². The molecule has 0 rings (SSSR count). The third-order valence-electron chi connectivity index (χ3n) is 10.7. The van der Waals surface area contributed by atoms with Gasteiger partial charge in [0.05, 0.1) is 25.4 Å². The molecule has 0 aliphatic heterocycles. The smallest absolute Gasteiger partial charge is 0.305 e. The summed E-state index contributed by atoms with van der Waals surface area (Å²) in [6.07, 6.45) is 52.9. The van der Waals surface area contributed by atoms with Crippen molar-refractivity contribution in [1.29, 1.82) is 0 Å². The first-order valence-electron chi connectivity index (χ1n) is 23.8. The van der Waals surface area contributed by atoms with Gasteiger partial charge < -0.3 is 20.3 Å². The number of amides is 1. The average molecular weight is 774 g/mol. The standard InChI is InChI=1S/C49H91NO5/c1-3-5-7-9-11-13-15-18-21-25-29-33-37-41-47(52)46(45-51)50-48(53)42-38-34-30-26-22-19-17-20-24-28-32-36-40-44-55-49(54)43-39-35-31-27-23-16-14-12-10-8-6-4-2/h19,22,30,34,37,41,46-47,51-52H,3-18,20-21,23-29,31-33,35-36,38-40,42-45H2,1-2H3,(H,50,53)/b22-19-,34-30-,41-37+. The predicted molar refractivity (Wildman–Crippen MR) is 236 cm³/mol. The van der Waals surface area contributed by atoms with Crippen LogP contribution in [0.4, 0.5) is 0 Å². The second-order valence-corrected chi connectivity index (χ2v) is 16.1. The van der Waals surface area contributed by atoms with Crippen LogP contribution < -0.4 is 5.32 Å². The maximum absolute atomic E-state index is 12.3. The highest BCUT2D eigenvalue weighted by Gasteiger charge is 2.17. The first kappa shape index (κ1) is 53.1. The van der Waals surface area contributed by atoms with Crippen molar-refractivity contribution in [2.24, 2.45) is 0 Å². The molecule has 2 atom stereocenters. The largest absolute Gasteiger partial charge is 0.466 e. The monoisotopic (exact) mass is 774 g/mol. The molecular formula is C49H91NO5. The Hall–Kier alpha value is -1.92. The Morgan fingerprint density at radius 3 is 1.42 bits per heavy atom. The van der Waals surface area contributed by atoms with E-state index in [-0.39, 0.29) is 18.5 Å². The van der Waals surface area contributed by atoms with Crippen LogP contribution in [0.5, 0.6) is 0 Å². The summed E-state index contributed by atoms with van der Waals surface area (Å²) in [6.45, 7) is 4.82. The molecule has 322 valence electrons. The Kier molecular flexibility index (Phi) is 43.2. The number of aliphatic hydroxyl groups excluding tert-OH is 2. The van der Waals surface area contributed by atoms with Crippen LogP contribution in [-0.2, 0) is 14.3 Å². The van der Waals surface area contributed by atoms with Gasteiger partial charge in [0.15, 0.2) is 0 Å². The van der Waals surface area contributed by atoms with E-state index >= 15 is 0 Å². The summed E-state index contributed by atoms with van der Waals surface area (Å²) < 4.78 is 5.43. The zero-order chi connectivity index (χ0) is 40.1. The summed E-state index contributed by atoms with van der Waals surface area (Å²) in [5.74, 6) is -0.169. The number of unbranched alkanes of at least 4 members (excludes halogenated alkanes) is 28. The third kappa shape index (κ3) is 41.5. The molecule has 1 amide bonds. The maximum Gasteiger partial charge on any atom is 0.305 e. The number of allylic oxidation sites excluding steroid dienone is 5. The SMILES string of the molecule is CCCCCCCCCCCCC/C=C/C(O)C(CO)NC(=O)CC/C=C\C/C=C\CCCCCCCCOC(=O)CCCCCCCCCCCCCC. The third-order valence-corrected chi connectivity index (χ3v) is 10.7. The summed E-state index contributed by atoms with van der Waals surface area (Å²) in [7, 11) is 0. The van der Waals surface area contributed by atoms with E-state index in [2.05, 4.69) is 37.4 Å². The quantitative estimate of drug-likeness (QED) is 0.0326. The van der Waals surface area contributed by atoms with Crippen LogP contribution in [0.25, 0.3) is 0 Å². The highest BCUT2D eigenvalue weighted by atomic mass is 16.5. The lowest BCUT2D eigenvalue weighted by molar-refractivity contribution is -0.143. The molecular weight excluding hydrogens is 683 g/mol. The Morgan fingerprint density at radius 2 is 0.927 bits per heavy atom. The van der Waals surface area contributed by atoms with Gasteiger partial charge in [-0.25, -0.2) is 0 Å². The maximum atomic E-state index is 12.3. The molecule has 0 heterocycles. The number of rotatable bonds is 43. The van der Waals surface area contributed by atoms with Gasteiger partial charge in [-0.3, -0.25) is 9.59 Å². The number of carbonyl (C=O) groups excluding carboxylic acids is 2. The molecule has 0 saturated heterocycles. The van der Waals surface area contributed by atoms with E-state index in [0.717, 1.165) is 51.4 Å². The molecule has 0 aromatic rings. The highest BCUT2D eigenvalue weighted by molar-refractivity contribution is 5.76. The van der Waals surface area contributed by atoms with Gasteiger partial charge in [0.2, 0.25) is 5.91 Å². The van der Waals surface area contributed by atoms with E-state index in [4.69, 9.17) is 4.74 Å². The van der Waals surface area contributed by atoms with Crippen LogP contribution in [0.15, 0.2) is 36.5 Å². The fraction of sp³-hybridized carbons (Fsp3) is 0.837. The van der Waals surface area contributed by atoms with Gasteiger partial charge in [-0.1, -0.05) is 211 Å². The Balaban J connectivity index is 3.60. The van der Waals surface area contributed by atoms with Crippen LogP contribution >= 0.6 is 0 Å². The summed E-state index contributed by atoms with van der Waals surface area (Å²) in [6, 6.07) is -0.670. The van der Waals surface area contributed by atoms with E-state index in [1.165, 1.54) is 154 Å². The van der Waals surface area contributed by atoms with Crippen LogP contribution in [0.3, 0.4) is 0 Å². The first-order chi connectivity index (χ1) is 27.0. The minimum atomic E-state index is -0.877. The minimum Gasteiger partial charge on any atom is -0.466 e. The Labute approximate surface area is 341 Å². The summed E-state index contributed by atoms with van der Waals surface area (Å²) in [4.78, 5) is 24.3. The molecule has 0 spiro atoms. The van der Waals surface area contributed by atoms with Crippen molar-refractivity contribution in [3.63, 3.8) is 0 Å². The molecule has 0 aliphatic carbocycles. The summed E-state index contributed by atoms with van der Waals surface area (Å²) in [5.41, 5.74) is 0. The topological polar surface area (TPSA) is 95.9 Å². The van der Waals surface area contributed by atoms with Gasteiger partial charge >= 0.3 is 5.97 Å². The molecule has 6 heteroatoms. The number of ether oxygens (including phenoxy) is 1. The lowest BCUT2D eigenvalue weighted by Crippen LogP contribution is -2.45. The van der Waals surface area contributed by atoms with Gasteiger partial charge in [0.1, 0.15) is 0 Å². The lowest BCUT2D eigenvalue weighted by Gasteiger charge is -2.19. The van der Waals surface area contributed by atoms with Gasteiger partial charge in [-0.15, -0.1) is 0 Å². The van der Waals surface area contributed by atoms with Crippen LogP contribution in [0.1, 0.15) is 239 Å². The predicted octanol–water partition coefficient (Wildman–Crippen LogP) is 13.7. The molecule has 6 nitrogen and oxygen atoms in total. The van der Waals surface area contributed by atoms with Gasteiger partial charge in [-0.05, 0) is 51.4 Å². The van der Waals surface area contributed by atoms with Crippen molar-refractivity contribution < 1.29 is 24.5 Å². The molecule has 2 unspecified atom stereocenters. The highest BCUT2D eigenvalue weighted by Crippen LogP contribution is 2.14. The van der Waals surface area contributed by atoms with E-state index in [9.17, 15) is 19.8 Å². The number of esters is 1. The van der Waals surface area contributed by atoms with Gasteiger partial charge in [0, 0.05) is 12.8 Å². The zero-order valence-electron chi connectivity index (χ0n) is 36.4. The zero-order valence-corrected chi connectivity index (χ0v) is 36.4. The minimum absolute atomic E-state index is 0.0188.